The van der Waals surface area contributed by atoms with E-state index in [1.807, 2.05) is 25.1 Å². The number of benzene rings is 1. The smallest absolute Gasteiger partial charge is 0.304 e. The number of carbonyl (C=O) groups is 1. The second kappa shape index (κ2) is 3.53. The van der Waals surface area contributed by atoms with E-state index in [1.54, 1.807) is 0 Å². The van der Waals surface area contributed by atoms with Crippen molar-refractivity contribution in [2.75, 3.05) is 0 Å². The third-order valence-corrected chi connectivity index (χ3v) is 3.41. The van der Waals surface area contributed by atoms with Crippen LogP contribution in [0.5, 0.6) is 0 Å². The summed E-state index contributed by atoms with van der Waals surface area (Å²) in [6.45, 7) is 1.99. The first-order valence-electron chi connectivity index (χ1n) is 5.02. The van der Waals surface area contributed by atoms with Crippen LogP contribution < -0.4 is 0 Å². The fourth-order valence-electron chi connectivity index (χ4n) is 2.26. The summed E-state index contributed by atoms with van der Waals surface area (Å²) in [6.07, 6.45) is 2.06. The van der Waals surface area contributed by atoms with Crippen molar-refractivity contribution in [2.45, 2.75) is 31.6 Å². The van der Waals surface area contributed by atoms with E-state index < -0.39 is 5.97 Å². The highest BCUT2D eigenvalue weighted by molar-refractivity contribution is 6.31. The molecule has 1 N–H and O–H groups in total. The van der Waals surface area contributed by atoms with Crippen LogP contribution in [0.2, 0.25) is 5.02 Å². The van der Waals surface area contributed by atoms with Gasteiger partial charge in [-0.1, -0.05) is 23.7 Å². The van der Waals surface area contributed by atoms with Crippen LogP contribution in [0.3, 0.4) is 0 Å². The van der Waals surface area contributed by atoms with Gasteiger partial charge in [-0.15, -0.1) is 0 Å². The predicted molar refractivity (Wildman–Crippen MR) is 59.4 cm³/mol. The first-order chi connectivity index (χ1) is 7.05. The van der Waals surface area contributed by atoms with Gasteiger partial charge in [-0.2, -0.15) is 0 Å². The summed E-state index contributed by atoms with van der Waals surface area (Å²) in [5.74, 6) is -0.744. The van der Waals surface area contributed by atoms with Gasteiger partial charge in [0.25, 0.3) is 0 Å². The van der Waals surface area contributed by atoms with Gasteiger partial charge in [0, 0.05) is 10.4 Å². The molecule has 0 aromatic heterocycles. The molecule has 0 heterocycles. The summed E-state index contributed by atoms with van der Waals surface area (Å²) in [5, 5.41) is 9.59. The lowest BCUT2D eigenvalue weighted by Gasteiger charge is -2.17. The molecule has 1 aliphatic rings. The average molecular weight is 225 g/mol. The predicted octanol–water partition coefficient (Wildman–Crippen LogP) is 3.15. The fraction of sp³-hybridized carbons (Fsp3) is 0.417. The maximum absolute atomic E-state index is 10.8. The molecule has 80 valence electrons. The van der Waals surface area contributed by atoms with Gasteiger partial charge < -0.3 is 5.11 Å². The third-order valence-electron chi connectivity index (χ3n) is 3.10. The molecule has 1 aromatic carbocycles. The van der Waals surface area contributed by atoms with Crippen LogP contribution in [0, 0.1) is 6.92 Å². The maximum atomic E-state index is 10.8. The number of aliphatic carboxylic acids is 1. The van der Waals surface area contributed by atoms with Crippen LogP contribution >= 0.6 is 11.6 Å². The number of hydrogen-bond acceptors (Lipinski definition) is 1. The van der Waals surface area contributed by atoms with Gasteiger partial charge in [-0.05, 0) is 37.0 Å². The number of carboxylic acid groups (broad SMARTS) is 1. The van der Waals surface area contributed by atoms with Crippen LogP contribution in [0.1, 0.15) is 30.4 Å². The minimum absolute atomic E-state index is 0.186. The number of halogens is 1. The summed E-state index contributed by atoms with van der Waals surface area (Å²) < 4.78 is 0. The van der Waals surface area contributed by atoms with Gasteiger partial charge in [0.1, 0.15) is 0 Å². The lowest BCUT2D eigenvalue weighted by molar-refractivity contribution is -0.137. The second-order valence-electron chi connectivity index (χ2n) is 4.28. The van der Waals surface area contributed by atoms with E-state index in [-0.39, 0.29) is 11.8 Å². The highest BCUT2D eigenvalue weighted by atomic mass is 35.5. The van der Waals surface area contributed by atoms with Crippen LogP contribution in [0.15, 0.2) is 18.2 Å². The van der Waals surface area contributed by atoms with Crippen LogP contribution in [0.4, 0.5) is 0 Å². The molecule has 0 bridgehead atoms. The quantitative estimate of drug-likeness (QED) is 0.857. The van der Waals surface area contributed by atoms with E-state index in [9.17, 15) is 4.79 Å². The van der Waals surface area contributed by atoms with Gasteiger partial charge >= 0.3 is 5.97 Å². The van der Waals surface area contributed by atoms with Crippen LogP contribution in [0.25, 0.3) is 0 Å². The van der Waals surface area contributed by atoms with Crippen LogP contribution in [-0.2, 0) is 10.2 Å². The molecule has 0 aliphatic heterocycles. The SMILES string of the molecule is Cc1cccc(Cl)c1C1(CC(=O)O)CC1. The largest absolute Gasteiger partial charge is 0.481 e. The van der Waals surface area contributed by atoms with E-state index in [4.69, 9.17) is 16.7 Å². The Morgan fingerprint density at radius 3 is 2.67 bits per heavy atom. The second-order valence-corrected chi connectivity index (χ2v) is 4.69. The van der Waals surface area contributed by atoms with E-state index in [1.165, 1.54) is 0 Å². The van der Waals surface area contributed by atoms with Crippen molar-refractivity contribution in [3.05, 3.63) is 34.3 Å². The molecule has 3 heteroatoms. The lowest BCUT2D eigenvalue weighted by Crippen LogP contribution is -2.14. The number of rotatable bonds is 3. The lowest BCUT2D eigenvalue weighted by atomic mass is 9.89. The molecular formula is C12H13ClO2. The number of carboxylic acids is 1. The summed E-state index contributed by atoms with van der Waals surface area (Å²) in [4.78, 5) is 10.8. The molecule has 0 atom stereocenters. The molecule has 2 nitrogen and oxygen atoms in total. The van der Waals surface area contributed by atoms with Crippen molar-refractivity contribution in [2.24, 2.45) is 0 Å². The highest BCUT2D eigenvalue weighted by Gasteiger charge is 2.47. The maximum Gasteiger partial charge on any atom is 0.304 e. The zero-order valence-electron chi connectivity index (χ0n) is 8.59. The standard InChI is InChI=1S/C12H13ClO2/c1-8-3-2-4-9(13)11(8)12(5-6-12)7-10(14)15/h2-4H,5-7H2,1H3,(H,14,15). The van der Waals surface area contributed by atoms with Crippen molar-refractivity contribution in [3.8, 4) is 0 Å². The summed E-state index contributed by atoms with van der Waals surface area (Å²) in [5.41, 5.74) is 1.95. The molecule has 1 aromatic rings. The Morgan fingerprint density at radius 2 is 2.20 bits per heavy atom. The van der Waals surface area contributed by atoms with Gasteiger partial charge in [0.2, 0.25) is 0 Å². The molecule has 0 amide bonds. The number of aryl methyl sites for hydroxylation is 1. The molecule has 1 fully saturated rings. The van der Waals surface area contributed by atoms with E-state index in [0.29, 0.717) is 5.02 Å². The van der Waals surface area contributed by atoms with Gasteiger partial charge in [-0.3, -0.25) is 4.79 Å². The van der Waals surface area contributed by atoms with Crippen molar-refractivity contribution < 1.29 is 9.90 Å². The zero-order valence-corrected chi connectivity index (χ0v) is 9.34. The highest BCUT2D eigenvalue weighted by Crippen LogP contribution is 2.54. The molecule has 1 aliphatic carbocycles. The topological polar surface area (TPSA) is 37.3 Å². The molecule has 2 rings (SSSR count). The van der Waals surface area contributed by atoms with Crippen molar-refractivity contribution >= 4 is 17.6 Å². The summed E-state index contributed by atoms with van der Waals surface area (Å²) >= 11 is 6.14. The average Bonchev–Trinajstić information content (AvgIpc) is 2.83. The Hall–Kier alpha value is -1.02. The van der Waals surface area contributed by atoms with Crippen molar-refractivity contribution in [1.82, 2.24) is 0 Å². The van der Waals surface area contributed by atoms with Gasteiger partial charge in [-0.25, -0.2) is 0 Å². The van der Waals surface area contributed by atoms with Crippen LogP contribution in [-0.4, -0.2) is 11.1 Å². The molecule has 0 radical (unpaired) electrons. The van der Waals surface area contributed by atoms with E-state index >= 15 is 0 Å². The minimum Gasteiger partial charge on any atom is -0.481 e. The normalized spacial score (nSPS) is 17.5. The number of hydrogen-bond donors (Lipinski definition) is 1. The summed E-state index contributed by atoms with van der Waals surface area (Å²) in [7, 11) is 0. The van der Waals surface area contributed by atoms with Gasteiger partial charge in [0.05, 0.1) is 6.42 Å². The molecular weight excluding hydrogens is 212 g/mol. The van der Waals surface area contributed by atoms with E-state index in [2.05, 4.69) is 0 Å². The van der Waals surface area contributed by atoms with Gasteiger partial charge in [0.15, 0.2) is 0 Å². The Morgan fingerprint density at radius 1 is 1.53 bits per heavy atom. The van der Waals surface area contributed by atoms with Crippen molar-refractivity contribution in [1.29, 1.82) is 0 Å². The first-order valence-corrected chi connectivity index (χ1v) is 5.40. The third kappa shape index (κ3) is 1.86. The molecule has 0 spiro atoms. The fourth-order valence-corrected chi connectivity index (χ4v) is 2.68. The zero-order chi connectivity index (χ0) is 11.1. The summed E-state index contributed by atoms with van der Waals surface area (Å²) in [6, 6.07) is 5.73. The van der Waals surface area contributed by atoms with E-state index in [0.717, 1.165) is 24.0 Å². The molecule has 1 saturated carbocycles. The Labute approximate surface area is 93.9 Å². The minimum atomic E-state index is -0.744. The Balaban J connectivity index is 2.41. The molecule has 0 saturated heterocycles. The molecule has 15 heavy (non-hydrogen) atoms. The Bertz CT molecular complexity index is 388. The molecule has 0 unspecified atom stereocenters. The van der Waals surface area contributed by atoms with Crippen molar-refractivity contribution in [3.63, 3.8) is 0 Å². The monoisotopic (exact) mass is 224 g/mol. The first kappa shape index (κ1) is 10.5. The Kier molecular flexibility index (Phi) is 2.47.